The summed E-state index contributed by atoms with van der Waals surface area (Å²) >= 11 is 1.72. The molecule has 0 amide bonds. The Hall–Kier alpha value is -1.39. The lowest BCUT2D eigenvalue weighted by molar-refractivity contribution is 1.01. The zero-order valence-corrected chi connectivity index (χ0v) is 9.87. The Kier molecular flexibility index (Phi) is 3.54. The number of hydrogen-bond acceptors (Lipinski definition) is 4. The van der Waals surface area contributed by atoms with Crippen LogP contribution in [-0.4, -0.2) is 16.2 Å². The van der Waals surface area contributed by atoms with Crippen molar-refractivity contribution in [3.63, 3.8) is 0 Å². The summed E-state index contributed by atoms with van der Waals surface area (Å²) in [5.41, 5.74) is 7.47. The van der Waals surface area contributed by atoms with Gasteiger partial charge in [0, 0.05) is 35.0 Å². The van der Waals surface area contributed by atoms with Crippen molar-refractivity contribution in [1.82, 2.24) is 9.97 Å². The molecule has 2 N–H and O–H groups in total. The minimum Gasteiger partial charge on any atom is -0.326 e. The maximum absolute atomic E-state index is 5.49. The smallest absolute Gasteiger partial charge is 0.159 e. The number of thioether (sulfide) groups is 1. The predicted octanol–water partition coefficient (Wildman–Crippen LogP) is 2.32. The standard InChI is InChI=1S/C12H13N3S/c1-16-11-4-2-10(3-5-11)12-14-7-9(6-13)8-15-12/h2-5,7-8H,6,13H2,1H3. The van der Waals surface area contributed by atoms with Crippen LogP contribution in [0.3, 0.4) is 0 Å². The van der Waals surface area contributed by atoms with Crippen LogP contribution in [0, 0.1) is 0 Å². The van der Waals surface area contributed by atoms with E-state index >= 15 is 0 Å². The zero-order valence-electron chi connectivity index (χ0n) is 9.05. The lowest BCUT2D eigenvalue weighted by Gasteiger charge is -2.02. The third kappa shape index (κ3) is 2.40. The molecule has 0 aliphatic carbocycles. The van der Waals surface area contributed by atoms with Crippen LogP contribution in [0.1, 0.15) is 5.56 Å². The third-order valence-corrected chi connectivity index (χ3v) is 3.03. The van der Waals surface area contributed by atoms with E-state index in [1.807, 2.05) is 12.1 Å². The van der Waals surface area contributed by atoms with Crippen molar-refractivity contribution in [2.45, 2.75) is 11.4 Å². The molecule has 0 atom stereocenters. The molecule has 2 rings (SSSR count). The van der Waals surface area contributed by atoms with E-state index in [0.717, 1.165) is 17.0 Å². The Morgan fingerprint density at radius 2 is 1.75 bits per heavy atom. The van der Waals surface area contributed by atoms with Crippen molar-refractivity contribution in [1.29, 1.82) is 0 Å². The normalized spacial score (nSPS) is 10.4. The van der Waals surface area contributed by atoms with Gasteiger partial charge in [-0.25, -0.2) is 9.97 Å². The molecule has 16 heavy (non-hydrogen) atoms. The van der Waals surface area contributed by atoms with Gasteiger partial charge in [-0.1, -0.05) is 12.1 Å². The van der Waals surface area contributed by atoms with Crippen LogP contribution in [0.15, 0.2) is 41.6 Å². The van der Waals surface area contributed by atoms with Crippen LogP contribution in [0.25, 0.3) is 11.4 Å². The molecule has 82 valence electrons. The molecule has 0 radical (unpaired) electrons. The Bertz CT molecular complexity index is 405. The summed E-state index contributed by atoms with van der Waals surface area (Å²) < 4.78 is 0. The van der Waals surface area contributed by atoms with E-state index in [2.05, 4.69) is 28.4 Å². The lowest BCUT2D eigenvalue weighted by atomic mass is 10.2. The number of hydrogen-bond donors (Lipinski definition) is 1. The molecule has 0 aliphatic heterocycles. The SMILES string of the molecule is CSc1ccc(-c2ncc(CN)cn2)cc1. The van der Waals surface area contributed by atoms with Crippen molar-refractivity contribution in [2.75, 3.05) is 6.26 Å². The van der Waals surface area contributed by atoms with E-state index in [9.17, 15) is 0 Å². The van der Waals surface area contributed by atoms with Crippen LogP contribution < -0.4 is 5.73 Å². The summed E-state index contributed by atoms with van der Waals surface area (Å²) in [5.74, 6) is 0.741. The molecule has 0 bridgehead atoms. The van der Waals surface area contributed by atoms with Gasteiger partial charge in [0.05, 0.1) is 0 Å². The summed E-state index contributed by atoms with van der Waals surface area (Å²) in [5, 5.41) is 0. The molecule has 1 aromatic heterocycles. The van der Waals surface area contributed by atoms with Crippen molar-refractivity contribution in [2.24, 2.45) is 5.73 Å². The fourth-order valence-corrected chi connectivity index (χ4v) is 1.76. The molecule has 1 heterocycles. The van der Waals surface area contributed by atoms with Crippen molar-refractivity contribution in [3.05, 3.63) is 42.2 Å². The molecular weight excluding hydrogens is 218 g/mol. The molecule has 4 heteroatoms. The molecule has 0 saturated carbocycles. The number of aromatic nitrogens is 2. The lowest BCUT2D eigenvalue weighted by Crippen LogP contribution is -1.98. The van der Waals surface area contributed by atoms with Crippen molar-refractivity contribution >= 4 is 11.8 Å². The van der Waals surface area contributed by atoms with E-state index in [-0.39, 0.29) is 0 Å². The summed E-state index contributed by atoms with van der Waals surface area (Å²) in [6, 6.07) is 8.20. The average molecular weight is 231 g/mol. The van der Waals surface area contributed by atoms with Gasteiger partial charge in [0.1, 0.15) is 0 Å². The minimum atomic E-state index is 0.478. The second-order valence-corrected chi connectivity index (χ2v) is 4.23. The van der Waals surface area contributed by atoms with Crippen LogP contribution in [0.2, 0.25) is 0 Å². The zero-order chi connectivity index (χ0) is 11.4. The van der Waals surface area contributed by atoms with Crippen LogP contribution >= 0.6 is 11.8 Å². The average Bonchev–Trinajstić information content (AvgIpc) is 2.39. The van der Waals surface area contributed by atoms with E-state index in [4.69, 9.17) is 5.73 Å². The van der Waals surface area contributed by atoms with Gasteiger partial charge in [0.15, 0.2) is 5.82 Å². The van der Waals surface area contributed by atoms with Gasteiger partial charge in [-0.3, -0.25) is 0 Å². The Morgan fingerprint density at radius 3 is 2.25 bits per heavy atom. The number of nitrogens with zero attached hydrogens (tertiary/aromatic N) is 2. The van der Waals surface area contributed by atoms with Crippen LogP contribution in [-0.2, 0) is 6.54 Å². The Balaban J connectivity index is 2.28. The molecule has 0 spiro atoms. The van der Waals surface area contributed by atoms with Gasteiger partial charge >= 0.3 is 0 Å². The van der Waals surface area contributed by atoms with E-state index in [0.29, 0.717) is 6.54 Å². The van der Waals surface area contributed by atoms with Gasteiger partial charge in [-0.15, -0.1) is 11.8 Å². The molecule has 1 aromatic carbocycles. The fraction of sp³-hybridized carbons (Fsp3) is 0.167. The van der Waals surface area contributed by atoms with Crippen molar-refractivity contribution in [3.8, 4) is 11.4 Å². The quantitative estimate of drug-likeness (QED) is 0.824. The number of nitrogens with two attached hydrogens (primary N) is 1. The first-order valence-electron chi connectivity index (χ1n) is 4.99. The molecule has 2 aromatic rings. The molecule has 3 nitrogen and oxygen atoms in total. The van der Waals surface area contributed by atoms with E-state index < -0.39 is 0 Å². The van der Waals surface area contributed by atoms with E-state index in [1.54, 1.807) is 24.2 Å². The first kappa shape index (κ1) is 11.1. The molecule has 0 aliphatic rings. The highest BCUT2D eigenvalue weighted by molar-refractivity contribution is 7.98. The number of rotatable bonds is 3. The summed E-state index contributed by atoms with van der Waals surface area (Å²) in [6.07, 6.45) is 5.59. The molecular formula is C12H13N3S. The van der Waals surface area contributed by atoms with Gasteiger partial charge in [0.25, 0.3) is 0 Å². The maximum atomic E-state index is 5.49. The Morgan fingerprint density at radius 1 is 1.12 bits per heavy atom. The van der Waals surface area contributed by atoms with Gasteiger partial charge in [-0.05, 0) is 18.4 Å². The largest absolute Gasteiger partial charge is 0.326 e. The second-order valence-electron chi connectivity index (χ2n) is 3.35. The highest BCUT2D eigenvalue weighted by Crippen LogP contribution is 2.19. The number of benzene rings is 1. The van der Waals surface area contributed by atoms with Gasteiger partial charge in [-0.2, -0.15) is 0 Å². The molecule has 0 fully saturated rings. The molecule has 0 unspecified atom stereocenters. The summed E-state index contributed by atoms with van der Waals surface area (Å²) in [6.45, 7) is 0.478. The monoisotopic (exact) mass is 231 g/mol. The highest BCUT2D eigenvalue weighted by Gasteiger charge is 2.00. The second kappa shape index (κ2) is 5.09. The highest BCUT2D eigenvalue weighted by atomic mass is 32.2. The fourth-order valence-electron chi connectivity index (χ4n) is 1.35. The van der Waals surface area contributed by atoms with Crippen LogP contribution in [0.4, 0.5) is 0 Å². The maximum Gasteiger partial charge on any atom is 0.159 e. The van der Waals surface area contributed by atoms with Crippen molar-refractivity contribution < 1.29 is 0 Å². The van der Waals surface area contributed by atoms with E-state index in [1.165, 1.54) is 4.90 Å². The topological polar surface area (TPSA) is 51.8 Å². The minimum absolute atomic E-state index is 0.478. The first-order valence-corrected chi connectivity index (χ1v) is 6.21. The van der Waals surface area contributed by atoms with Crippen LogP contribution in [0.5, 0.6) is 0 Å². The molecule has 0 saturated heterocycles. The Labute approximate surface area is 99.1 Å². The summed E-state index contributed by atoms with van der Waals surface area (Å²) in [4.78, 5) is 9.79. The predicted molar refractivity (Wildman–Crippen MR) is 67.1 cm³/mol. The third-order valence-electron chi connectivity index (χ3n) is 2.29. The summed E-state index contributed by atoms with van der Waals surface area (Å²) in [7, 11) is 0. The van der Waals surface area contributed by atoms with Gasteiger partial charge in [0.2, 0.25) is 0 Å². The first-order chi connectivity index (χ1) is 7.83. The van der Waals surface area contributed by atoms with Gasteiger partial charge < -0.3 is 5.73 Å².